The van der Waals surface area contributed by atoms with Crippen LogP contribution in [-0.2, 0) is 9.53 Å². The summed E-state index contributed by atoms with van der Waals surface area (Å²) in [6, 6.07) is 7.25. The molecule has 1 atom stereocenters. The van der Waals surface area contributed by atoms with E-state index >= 15 is 0 Å². The first kappa shape index (κ1) is 18.1. The second-order valence-electron chi connectivity index (χ2n) is 5.78. The fourth-order valence-corrected chi connectivity index (χ4v) is 2.81. The van der Waals surface area contributed by atoms with E-state index in [1.165, 1.54) is 18.9 Å². The van der Waals surface area contributed by atoms with Gasteiger partial charge in [-0.25, -0.2) is 4.79 Å². The molecule has 0 aromatic heterocycles. The van der Waals surface area contributed by atoms with Crippen LogP contribution in [0.3, 0.4) is 0 Å². The highest BCUT2D eigenvalue weighted by atomic mass is 32.2. The van der Waals surface area contributed by atoms with Gasteiger partial charge in [0.15, 0.2) is 6.61 Å². The number of benzene rings is 1. The van der Waals surface area contributed by atoms with Gasteiger partial charge in [0.05, 0.1) is 13.2 Å². The molecule has 7 heteroatoms. The molecule has 0 saturated heterocycles. The van der Waals surface area contributed by atoms with Gasteiger partial charge >= 0.3 is 5.97 Å². The van der Waals surface area contributed by atoms with Crippen molar-refractivity contribution >= 4 is 23.6 Å². The van der Waals surface area contributed by atoms with Gasteiger partial charge in [-0.1, -0.05) is 0 Å². The SMILES string of the molecule is COc1cc(SC)ccc1C(=O)OCC(=O)N[C@@](C)(C#N)C1CC1. The molecule has 2 rings (SSSR count). The summed E-state index contributed by atoms with van der Waals surface area (Å²) >= 11 is 1.53. The van der Waals surface area contributed by atoms with Gasteiger partial charge in [-0.15, -0.1) is 11.8 Å². The number of rotatable bonds is 7. The van der Waals surface area contributed by atoms with E-state index in [0.717, 1.165) is 17.7 Å². The second kappa shape index (κ2) is 7.58. The molecule has 0 bridgehead atoms. The lowest BCUT2D eigenvalue weighted by atomic mass is 9.98. The number of hydrogen-bond donors (Lipinski definition) is 1. The predicted molar refractivity (Wildman–Crippen MR) is 89.9 cm³/mol. The zero-order chi connectivity index (χ0) is 17.7. The summed E-state index contributed by atoms with van der Waals surface area (Å²) < 4.78 is 10.2. The van der Waals surface area contributed by atoms with Crippen LogP contribution < -0.4 is 10.1 Å². The summed E-state index contributed by atoms with van der Waals surface area (Å²) in [6.45, 7) is 1.25. The molecule has 1 aromatic carbocycles. The minimum Gasteiger partial charge on any atom is -0.496 e. The lowest BCUT2D eigenvalue weighted by Gasteiger charge is -2.22. The average molecular weight is 348 g/mol. The number of nitrogens with one attached hydrogen (secondary N) is 1. The Morgan fingerprint density at radius 2 is 2.17 bits per heavy atom. The Kier molecular flexibility index (Phi) is 5.73. The summed E-state index contributed by atoms with van der Waals surface area (Å²) in [4.78, 5) is 25.1. The average Bonchev–Trinajstić information content (AvgIpc) is 3.44. The smallest absolute Gasteiger partial charge is 0.342 e. The number of carbonyl (C=O) groups is 2. The highest BCUT2D eigenvalue weighted by molar-refractivity contribution is 7.98. The van der Waals surface area contributed by atoms with Crippen LogP contribution >= 0.6 is 11.8 Å². The number of esters is 1. The van der Waals surface area contributed by atoms with Gasteiger partial charge in [-0.3, -0.25) is 4.79 Å². The van der Waals surface area contributed by atoms with E-state index in [9.17, 15) is 14.9 Å². The fraction of sp³-hybridized carbons (Fsp3) is 0.471. The first-order valence-electron chi connectivity index (χ1n) is 7.55. The minimum atomic E-state index is -0.902. The van der Waals surface area contributed by atoms with Crippen molar-refractivity contribution in [3.8, 4) is 11.8 Å². The maximum absolute atomic E-state index is 12.2. The Bertz CT molecular complexity index is 682. The molecule has 128 valence electrons. The van der Waals surface area contributed by atoms with Gasteiger partial charge in [0, 0.05) is 4.90 Å². The van der Waals surface area contributed by atoms with Crippen molar-refractivity contribution in [2.75, 3.05) is 20.0 Å². The first-order chi connectivity index (χ1) is 11.4. The number of carbonyl (C=O) groups excluding carboxylic acids is 2. The van der Waals surface area contributed by atoms with Crippen LogP contribution in [0.25, 0.3) is 0 Å². The summed E-state index contributed by atoms with van der Waals surface area (Å²) in [7, 11) is 1.47. The summed E-state index contributed by atoms with van der Waals surface area (Å²) in [5.41, 5.74) is -0.644. The van der Waals surface area contributed by atoms with E-state index in [1.54, 1.807) is 25.1 Å². The number of nitriles is 1. The van der Waals surface area contributed by atoms with E-state index in [0.29, 0.717) is 5.75 Å². The quantitative estimate of drug-likeness (QED) is 0.601. The van der Waals surface area contributed by atoms with Crippen LogP contribution in [0.5, 0.6) is 5.75 Å². The first-order valence-corrected chi connectivity index (χ1v) is 8.77. The second-order valence-corrected chi connectivity index (χ2v) is 6.66. The summed E-state index contributed by atoms with van der Waals surface area (Å²) in [5.74, 6) is -0.563. The number of amides is 1. The molecule has 0 aliphatic heterocycles. The van der Waals surface area contributed by atoms with Crippen molar-refractivity contribution in [2.45, 2.75) is 30.2 Å². The zero-order valence-corrected chi connectivity index (χ0v) is 14.7. The van der Waals surface area contributed by atoms with Crippen molar-refractivity contribution in [1.82, 2.24) is 5.32 Å². The monoisotopic (exact) mass is 348 g/mol. The summed E-state index contributed by atoms with van der Waals surface area (Å²) in [5, 5.41) is 11.9. The number of nitrogens with zero attached hydrogens (tertiary/aromatic N) is 1. The number of thioether (sulfide) groups is 1. The lowest BCUT2D eigenvalue weighted by Crippen LogP contribution is -2.48. The van der Waals surface area contributed by atoms with Crippen LogP contribution in [0.15, 0.2) is 23.1 Å². The van der Waals surface area contributed by atoms with Crippen LogP contribution in [-0.4, -0.2) is 37.4 Å². The van der Waals surface area contributed by atoms with Crippen LogP contribution in [0, 0.1) is 17.2 Å². The Morgan fingerprint density at radius 1 is 1.46 bits per heavy atom. The third kappa shape index (κ3) is 4.20. The van der Waals surface area contributed by atoms with Crippen molar-refractivity contribution in [3.63, 3.8) is 0 Å². The van der Waals surface area contributed by atoms with Crippen molar-refractivity contribution < 1.29 is 19.1 Å². The van der Waals surface area contributed by atoms with Crippen molar-refractivity contribution in [3.05, 3.63) is 23.8 Å². The van der Waals surface area contributed by atoms with E-state index in [1.807, 2.05) is 6.26 Å². The summed E-state index contributed by atoms with van der Waals surface area (Å²) in [6.07, 6.45) is 3.76. The van der Waals surface area contributed by atoms with Gasteiger partial charge in [-0.2, -0.15) is 5.26 Å². The third-order valence-electron chi connectivity index (χ3n) is 3.99. The number of methoxy groups -OCH3 is 1. The largest absolute Gasteiger partial charge is 0.496 e. The molecule has 0 heterocycles. The van der Waals surface area contributed by atoms with E-state index in [2.05, 4.69) is 11.4 Å². The van der Waals surface area contributed by atoms with Crippen LogP contribution in [0.4, 0.5) is 0 Å². The molecular formula is C17H20N2O4S. The molecule has 24 heavy (non-hydrogen) atoms. The fourth-order valence-electron chi connectivity index (χ4n) is 2.38. The molecule has 1 fully saturated rings. The molecular weight excluding hydrogens is 328 g/mol. The molecule has 0 spiro atoms. The zero-order valence-electron chi connectivity index (χ0n) is 13.9. The maximum Gasteiger partial charge on any atom is 0.342 e. The Balaban J connectivity index is 1.95. The van der Waals surface area contributed by atoms with E-state index in [4.69, 9.17) is 9.47 Å². The van der Waals surface area contributed by atoms with E-state index < -0.39 is 24.0 Å². The molecule has 0 radical (unpaired) electrons. The minimum absolute atomic E-state index is 0.168. The molecule has 1 amide bonds. The van der Waals surface area contributed by atoms with Crippen molar-refractivity contribution in [2.24, 2.45) is 5.92 Å². The van der Waals surface area contributed by atoms with E-state index in [-0.39, 0.29) is 11.5 Å². The van der Waals surface area contributed by atoms with Gasteiger partial charge in [0.25, 0.3) is 5.91 Å². The Hall–Kier alpha value is -2.20. The highest BCUT2D eigenvalue weighted by Crippen LogP contribution is 2.39. The topological polar surface area (TPSA) is 88.4 Å². The normalized spacial score (nSPS) is 15.8. The Morgan fingerprint density at radius 3 is 2.71 bits per heavy atom. The molecule has 1 aliphatic rings. The Labute approximate surface area is 145 Å². The van der Waals surface area contributed by atoms with Gasteiger partial charge in [0.2, 0.25) is 0 Å². The van der Waals surface area contributed by atoms with Crippen molar-refractivity contribution in [1.29, 1.82) is 5.26 Å². The van der Waals surface area contributed by atoms with Gasteiger partial charge < -0.3 is 14.8 Å². The predicted octanol–water partition coefficient (Wildman–Crippen LogP) is 2.38. The van der Waals surface area contributed by atoms with Crippen LogP contribution in [0.2, 0.25) is 0 Å². The number of ether oxygens (including phenoxy) is 2. The van der Waals surface area contributed by atoms with Gasteiger partial charge in [0.1, 0.15) is 16.9 Å². The highest BCUT2D eigenvalue weighted by Gasteiger charge is 2.43. The molecule has 1 saturated carbocycles. The van der Waals surface area contributed by atoms with Gasteiger partial charge in [-0.05, 0) is 50.1 Å². The van der Waals surface area contributed by atoms with Crippen LogP contribution in [0.1, 0.15) is 30.1 Å². The molecule has 6 nitrogen and oxygen atoms in total. The maximum atomic E-state index is 12.2. The number of hydrogen-bond acceptors (Lipinski definition) is 6. The molecule has 1 N–H and O–H groups in total. The third-order valence-corrected chi connectivity index (χ3v) is 4.71. The molecule has 0 unspecified atom stereocenters. The molecule has 1 aromatic rings. The molecule has 1 aliphatic carbocycles. The standard InChI is InChI=1S/C17H20N2O4S/c1-17(10-18,11-4-5-11)19-15(20)9-23-16(21)13-7-6-12(24-3)8-14(13)22-2/h6-8,11H,4-5,9H2,1-3H3,(H,19,20)/t17-/m0/s1. The lowest BCUT2D eigenvalue weighted by molar-refractivity contribution is -0.125.